The first kappa shape index (κ1) is 37.6. The highest BCUT2D eigenvalue weighted by Gasteiger charge is 2.62. The van der Waals surface area contributed by atoms with E-state index < -0.39 is 74.8 Å². The number of aryl methyl sites for hydroxylation is 1. The van der Waals surface area contributed by atoms with E-state index in [1.807, 2.05) is 19.1 Å². The summed E-state index contributed by atoms with van der Waals surface area (Å²) in [5.41, 5.74) is 1.84. The van der Waals surface area contributed by atoms with Crippen LogP contribution in [0.25, 0.3) is 0 Å². The molecule has 6 amide bonds. The molecule has 6 rings (SSSR count). The predicted octanol–water partition coefficient (Wildman–Crippen LogP) is 3.09. The largest absolute Gasteiger partial charge is 0.444 e. The Bertz CT molecular complexity index is 1700. The Hall–Kier alpha value is -4.14. The highest BCUT2D eigenvalue weighted by atomic mass is 32.2. The maximum atomic E-state index is 14.4. The van der Waals surface area contributed by atoms with Crippen molar-refractivity contribution in [2.45, 2.75) is 126 Å². The van der Waals surface area contributed by atoms with E-state index in [9.17, 15) is 32.4 Å². The summed E-state index contributed by atoms with van der Waals surface area (Å²) in [7, 11) is -2.19. The molecule has 52 heavy (non-hydrogen) atoms. The zero-order valence-corrected chi connectivity index (χ0v) is 31.0. The van der Waals surface area contributed by atoms with E-state index in [1.165, 1.54) is 16.5 Å². The van der Waals surface area contributed by atoms with Gasteiger partial charge < -0.3 is 25.2 Å². The van der Waals surface area contributed by atoms with Crippen LogP contribution in [0.1, 0.15) is 94.2 Å². The van der Waals surface area contributed by atoms with Crippen molar-refractivity contribution in [2.24, 2.45) is 5.92 Å². The summed E-state index contributed by atoms with van der Waals surface area (Å²) in [4.78, 5) is 73.5. The fourth-order valence-corrected chi connectivity index (χ4v) is 9.07. The molecule has 4 bridgehead atoms. The molecule has 2 saturated carbocycles. The standard InChI is InChI=1S/C37H52N6O8S/c1-4-6-15-30-33(45)43-22-27(19-31(43)32(44)39-37(20-26(37)5-2)34(46)40-52(49,50)28-16-17-28)51-36(48)42-21-25-14-11-13-24(29(25)23-42)12-9-7-8-10-18-41(3)35(47)38-30/h5,11,13-14,26-28,30-31H,2,4,6-10,12,15-23H2,1,3H3,(H,38,47)(H,39,44)(H,40,46)/t26-,27-,30+,31+,37-/m1/s1. The Morgan fingerprint density at radius 2 is 1.85 bits per heavy atom. The summed E-state index contributed by atoms with van der Waals surface area (Å²) >= 11 is 0. The number of urea groups is 1. The molecular formula is C37H52N6O8S. The SMILES string of the molecule is C=C[C@@H]1C[C@]1(NC(=O)[C@@H]1C[C@@H]2CN1C(=O)[C@H](CCCC)NC(=O)N(C)CCCCCCc1cccc3c1CN(C3)C(=O)O2)C(=O)NS(=O)(=O)C1CC1. The molecule has 0 radical (unpaired) electrons. The van der Waals surface area contributed by atoms with Gasteiger partial charge in [-0.3, -0.25) is 24.0 Å². The number of fused-ring (bicyclic) bond motifs is 3. The van der Waals surface area contributed by atoms with Crippen LogP contribution in [-0.4, -0.2) is 102 Å². The molecule has 1 aromatic rings. The molecule has 5 atom stereocenters. The van der Waals surface area contributed by atoms with Crippen molar-refractivity contribution >= 4 is 39.9 Å². The van der Waals surface area contributed by atoms with Gasteiger partial charge in [0.15, 0.2) is 0 Å². The molecule has 1 saturated heterocycles. The molecule has 0 unspecified atom stereocenters. The number of rotatable bonds is 9. The second-order valence-corrected chi connectivity index (χ2v) is 17.0. The third kappa shape index (κ3) is 8.08. The normalized spacial score (nSPS) is 28.5. The molecule has 284 valence electrons. The molecule has 3 aliphatic heterocycles. The lowest BCUT2D eigenvalue weighted by atomic mass is 9.98. The number of carbonyl (C=O) groups excluding carboxylic acids is 5. The molecular weight excluding hydrogens is 689 g/mol. The van der Waals surface area contributed by atoms with Crippen LogP contribution in [0.5, 0.6) is 0 Å². The minimum absolute atomic E-state index is 0.0411. The number of sulfonamides is 1. The van der Waals surface area contributed by atoms with Crippen LogP contribution in [0.15, 0.2) is 30.9 Å². The molecule has 0 spiro atoms. The van der Waals surface area contributed by atoms with E-state index in [-0.39, 0.29) is 19.4 Å². The van der Waals surface area contributed by atoms with Gasteiger partial charge in [-0.05, 0) is 61.6 Å². The molecule has 0 aromatic heterocycles. The monoisotopic (exact) mass is 740 g/mol. The Morgan fingerprint density at radius 3 is 2.56 bits per heavy atom. The van der Waals surface area contributed by atoms with Gasteiger partial charge in [0, 0.05) is 39.0 Å². The van der Waals surface area contributed by atoms with Gasteiger partial charge >= 0.3 is 12.1 Å². The summed E-state index contributed by atoms with van der Waals surface area (Å²) in [5, 5.41) is 5.03. The zero-order valence-electron chi connectivity index (χ0n) is 30.2. The number of ether oxygens (including phenoxy) is 1. The molecule has 3 heterocycles. The first-order chi connectivity index (χ1) is 24.9. The highest BCUT2D eigenvalue weighted by Crippen LogP contribution is 2.45. The van der Waals surface area contributed by atoms with E-state index in [0.717, 1.165) is 49.7 Å². The third-order valence-electron chi connectivity index (χ3n) is 11.2. The number of hydrogen-bond acceptors (Lipinski definition) is 8. The predicted molar refractivity (Wildman–Crippen MR) is 192 cm³/mol. The topological polar surface area (TPSA) is 175 Å². The fraction of sp³-hybridized carbons (Fsp3) is 0.649. The average molecular weight is 741 g/mol. The fourth-order valence-electron chi connectivity index (χ4n) is 7.71. The molecule has 2 aliphatic carbocycles. The summed E-state index contributed by atoms with van der Waals surface area (Å²) < 4.78 is 33.5. The summed E-state index contributed by atoms with van der Waals surface area (Å²) in [6, 6.07) is 3.63. The van der Waals surface area contributed by atoms with Gasteiger partial charge in [-0.25, -0.2) is 18.0 Å². The van der Waals surface area contributed by atoms with Crippen LogP contribution < -0.4 is 15.4 Å². The second-order valence-electron chi connectivity index (χ2n) is 15.1. The minimum atomic E-state index is -3.89. The van der Waals surface area contributed by atoms with Crippen LogP contribution in [0, 0.1) is 5.92 Å². The van der Waals surface area contributed by atoms with E-state index >= 15 is 0 Å². The van der Waals surface area contributed by atoms with Crippen molar-refractivity contribution in [3.63, 3.8) is 0 Å². The number of carbonyl (C=O) groups is 5. The van der Waals surface area contributed by atoms with Crippen molar-refractivity contribution in [1.82, 2.24) is 30.1 Å². The molecule has 15 heteroatoms. The second kappa shape index (κ2) is 15.5. The summed E-state index contributed by atoms with van der Waals surface area (Å²) in [5.74, 6) is -2.53. The van der Waals surface area contributed by atoms with Crippen LogP contribution in [0.3, 0.4) is 0 Å². The van der Waals surface area contributed by atoms with Gasteiger partial charge in [0.25, 0.3) is 5.91 Å². The molecule has 3 N–H and O–H groups in total. The lowest BCUT2D eigenvalue weighted by Crippen LogP contribution is -2.58. The third-order valence-corrected chi connectivity index (χ3v) is 13.0. The number of unbranched alkanes of at least 4 members (excludes halogenated alkanes) is 1. The van der Waals surface area contributed by atoms with Crippen molar-refractivity contribution in [3.05, 3.63) is 47.5 Å². The van der Waals surface area contributed by atoms with E-state index in [2.05, 4.69) is 28.0 Å². The first-order valence-electron chi connectivity index (χ1n) is 18.7. The number of benzene rings is 1. The van der Waals surface area contributed by atoms with E-state index in [0.29, 0.717) is 45.3 Å². The Kier molecular flexibility index (Phi) is 11.2. The van der Waals surface area contributed by atoms with Gasteiger partial charge in [0.2, 0.25) is 21.8 Å². The average Bonchev–Trinajstić information content (AvgIpc) is 4.01. The van der Waals surface area contributed by atoms with Crippen LogP contribution in [-0.2, 0) is 48.7 Å². The molecule has 14 nitrogen and oxygen atoms in total. The first-order valence-corrected chi connectivity index (χ1v) is 20.3. The summed E-state index contributed by atoms with van der Waals surface area (Å²) in [6.07, 6.45) is 7.48. The molecule has 1 aromatic carbocycles. The summed E-state index contributed by atoms with van der Waals surface area (Å²) in [6.45, 7) is 6.97. The maximum absolute atomic E-state index is 14.4. The van der Waals surface area contributed by atoms with Crippen LogP contribution >= 0.6 is 0 Å². The number of nitrogens with one attached hydrogen (secondary N) is 3. The van der Waals surface area contributed by atoms with Gasteiger partial charge in [-0.1, -0.05) is 56.9 Å². The lowest BCUT2D eigenvalue weighted by Gasteiger charge is -2.30. The van der Waals surface area contributed by atoms with Crippen molar-refractivity contribution in [2.75, 3.05) is 20.1 Å². The zero-order chi connectivity index (χ0) is 37.2. The Morgan fingerprint density at radius 1 is 1.10 bits per heavy atom. The van der Waals surface area contributed by atoms with E-state index in [4.69, 9.17) is 4.74 Å². The Balaban J connectivity index is 1.26. The van der Waals surface area contributed by atoms with Crippen molar-refractivity contribution < 1.29 is 37.1 Å². The van der Waals surface area contributed by atoms with Crippen molar-refractivity contribution in [1.29, 1.82) is 0 Å². The van der Waals surface area contributed by atoms with Crippen LogP contribution in [0.4, 0.5) is 9.59 Å². The van der Waals surface area contributed by atoms with Gasteiger partial charge in [-0.2, -0.15) is 0 Å². The minimum Gasteiger partial charge on any atom is -0.444 e. The lowest BCUT2D eigenvalue weighted by molar-refractivity contribution is -0.141. The Labute approximate surface area is 306 Å². The molecule has 3 fully saturated rings. The molecule has 5 aliphatic rings. The quantitative estimate of drug-likeness (QED) is 0.324. The van der Waals surface area contributed by atoms with Crippen LogP contribution in [0.2, 0.25) is 0 Å². The van der Waals surface area contributed by atoms with Gasteiger partial charge in [0.1, 0.15) is 23.7 Å². The van der Waals surface area contributed by atoms with E-state index in [1.54, 1.807) is 16.8 Å². The maximum Gasteiger partial charge on any atom is 0.410 e. The van der Waals surface area contributed by atoms with Gasteiger partial charge in [-0.15, -0.1) is 6.58 Å². The smallest absolute Gasteiger partial charge is 0.410 e. The number of hydrogen-bond donors (Lipinski definition) is 3. The van der Waals surface area contributed by atoms with Crippen molar-refractivity contribution in [3.8, 4) is 0 Å². The number of nitrogens with zero attached hydrogens (tertiary/aromatic N) is 3. The number of amides is 6. The highest BCUT2D eigenvalue weighted by molar-refractivity contribution is 7.91. The van der Waals surface area contributed by atoms with Gasteiger partial charge in [0.05, 0.1) is 11.8 Å².